The molecule has 0 amide bonds. The van der Waals surface area contributed by atoms with Crippen LogP contribution >= 0.6 is 11.6 Å². The molecule has 14 heavy (non-hydrogen) atoms. The molecule has 0 saturated heterocycles. The third-order valence-electron chi connectivity index (χ3n) is 2.08. The number of hydrogen-bond acceptors (Lipinski definition) is 2. The average Bonchev–Trinajstić information content (AvgIpc) is 2.15. The van der Waals surface area contributed by atoms with Crippen LogP contribution in [-0.2, 0) is 6.42 Å². The summed E-state index contributed by atoms with van der Waals surface area (Å²) in [5, 5.41) is 9.45. The molecule has 0 aliphatic carbocycles. The Morgan fingerprint density at radius 2 is 2.29 bits per heavy atom. The molecule has 0 aliphatic rings. The number of nitrogens with two attached hydrogens (primary N) is 1. The molecular formula is C11H13ClN2. The second-order valence-electron chi connectivity index (χ2n) is 3.66. The fraction of sp³-hybridized carbons (Fsp3) is 0.364. The predicted molar refractivity (Wildman–Crippen MR) is 58.0 cm³/mol. The Bertz CT molecular complexity index is 353. The molecule has 1 unspecified atom stereocenters. The van der Waals surface area contributed by atoms with Crippen molar-refractivity contribution in [1.29, 1.82) is 5.26 Å². The van der Waals surface area contributed by atoms with Crippen LogP contribution in [0.1, 0.15) is 18.9 Å². The molecule has 1 aromatic rings. The molecule has 0 aromatic heterocycles. The van der Waals surface area contributed by atoms with Gasteiger partial charge in [-0.3, -0.25) is 0 Å². The number of nitrogens with zero attached hydrogens (tertiary/aromatic N) is 1. The molecule has 0 bridgehead atoms. The van der Waals surface area contributed by atoms with Gasteiger partial charge >= 0.3 is 0 Å². The number of hydrogen-bond donors (Lipinski definition) is 1. The van der Waals surface area contributed by atoms with Crippen LogP contribution in [0.3, 0.4) is 0 Å². The summed E-state index contributed by atoms with van der Waals surface area (Å²) in [6.45, 7) is 1.73. The Kier molecular flexibility index (Phi) is 3.51. The molecule has 0 heterocycles. The molecule has 1 aromatic carbocycles. The lowest BCUT2D eigenvalue weighted by Crippen LogP contribution is -2.34. The van der Waals surface area contributed by atoms with Gasteiger partial charge in [-0.1, -0.05) is 23.7 Å². The minimum atomic E-state index is -0.748. The zero-order valence-electron chi connectivity index (χ0n) is 8.13. The second-order valence-corrected chi connectivity index (χ2v) is 4.10. The van der Waals surface area contributed by atoms with Gasteiger partial charge in [-0.15, -0.1) is 0 Å². The van der Waals surface area contributed by atoms with E-state index < -0.39 is 5.54 Å². The van der Waals surface area contributed by atoms with Crippen LogP contribution in [0.2, 0.25) is 5.02 Å². The summed E-state index contributed by atoms with van der Waals surface area (Å²) >= 11 is 5.83. The maximum Gasteiger partial charge on any atom is 0.101 e. The van der Waals surface area contributed by atoms with Crippen LogP contribution in [0.15, 0.2) is 24.3 Å². The van der Waals surface area contributed by atoms with Crippen LogP contribution in [-0.4, -0.2) is 5.54 Å². The highest BCUT2D eigenvalue weighted by atomic mass is 35.5. The molecule has 74 valence electrons. The van der Waals surface area contributed by atoms with Crippen LogP contribution in [0.5, 0.6) is 0 Å². The van der Waals surface area contributed by atoms with Gasteiger partial charge in [-0.2, -0.15) is 5.26 Å². The maximum atomic E-state index is 8.73. The summed E-state index contributed by atoms with van der Waals surface area (Å²) in [7, 11) is 0. The van der Waals surface area contributed by atoms with E-state index in [1.54, 1.807) is 6.92 Å². The number of nitriles is 1. The van der Waals surface area contributed by atoms with Crippen molar-refractivity contribution < 1.29 is 0 Å². The molecule has 0 saturated carbocycles. The zero-order valence-corrected chi connectivity index (χ0v) is 8.88. The third kappa shape index (κ3) is 3.37. The van der Waals surface area contributed by atoms with Crippen molar-refractivity contribution in [2.45, 2.75) is 25.3 Å². The van der Waals surface area contributed by atoms with Gasteiger partial charge in [-0.25, -0.2) is 0 Å². The molecule has 0 spiro atoms. The molecule has 2 nitrogen and oxygen atoms in total. The normalized spacial score (nSPS) is 14.4. The first-order valence-electron chi connectivity index (χ1n) is 4.48. The van der Waals surface area contributed by atoms with Crippen molar-refractivity contribution in [3.63, 3.8) is 0 Å². The van der Waals surface area contributed by atoms with Crippen molar-refractivity contribution in [2.75, 3.05) is 0 Å². The highest BCUT2D eigenvalue weighted by Gasteiger charge is 2.16. The monoisotopic (exact) mass is 208 g/mol. The van der Waals surface area contributed by atoms with Gasteiger partial charge in [0.2, 0.25) is 0 Å². The summed E-state index contributed by atoms with van der Waals surface area (Å²) in [5.74, 6) is 0. The summed E-state index contributed by atoms with van der Waals surface area (Å²) in [5.41, 5.74) is 6.08. The Labute approximate surface area is 89.3 Å². The van der Waals surface area contributed by atoms with Gasteiger partial charge in [0, 0.05) is 5.02 Å². The minimum absolute atomic E-state index is 0.643. The quantitative estimate of drug-likeness (QED) is 0.830. The van der Waals surface area contributed by atoms with Gasteiger partial charge in [0.25, 0.3) is 0 Å². The molecule has 0 fully saturated rings. The van der Waals surface area contributed by atoms with Gasteiger partial charge in [0.1, 0.15) is 5.54 Å². The molecule has 3 heteroatoms. The first kappa shape index (κ1) is 11.0. The van der Waals surface area contributed by atoms with Gasteiger partial charge in [0.15, 0.2) is 0 Å². The zero-order chi connectivity index (χ0) is 10.6. The Morgan fingerprint density at radius 3 is 2.86 bits per heavy atom. The molecule has 1 atom stereocenters. The summed E-state index contributed by atoms with van der Waals surface area (Å²) < 4.78 is 0. The Hall–Kier alpha value is -1.04. The fourth-order valence-corrected chi connectivity index (χ4v) is 1.37. The van der Waals surface area contributed by atoms with Crippen molar-refractivity contribution in [1.82, 2.24) is 0 Å². The lowest BCUT2D eigenvalue weighted by atomic mass is 9.96. The van der Waals surface area contributed by atoms with E-state index in [-0.39, 0.29) is 0 Å². The number of benzene rings is 1. The minimum Gasteiger partial charge on any atom is -0.314 e. The molecule has 0 radical (unpaired) electrons. The van der Waals surface area contributed by atoms with E-state index >= 15 is 0 Å². The Balaban J connectivity index is 2.59. The standard InChI is InChI=1S/C11H13ClN2/c1-11(14,8-13)6-5-9-3-2-4-10(12)7-9/h2-4,7H,5-6,14H2,1H3. The van der Waals surface area contributed by atoms with Crippen LogP contribution < -0.4 is 5.73 Å². The predicted octanol–water partition coefficient (Wildman–Crippen LogP) is 2.51. The summed E-state index contributed by atoms with van der Waals surface area (Å²) in [4.78, 5) is 0. The van der Waals surface area contributed by atoms with Crippen molar-refractivity contribution in [2.24, 2.45) is 5.73 Å². The topological polar surface area (TPSA) is 49.8 Å². The van der Waals surface area contributed by atoms with E-state index in [1.807, 2.05) is 24.3 Å². The third-order valence-corrected chi connectivity index (χ3v) is 2.31. The first-order valence-corrected chi connectivity index (χ1v) is 4.86. The molecule has 2 N–H and O–H groups in total. The highest BCUT2D eigenvalue weighted by Crippen LogP contribution is 2.15. The molecule has 0 aliphatic heterocycles. The van der Waals surface area contributed by atoms with Crippen LogP contribution in [0.4, 0.5) is 0 Å². The van der Waals surface area contributed by atoms with Gasteiger partial charge < -0.3 is 5.73 Å². The van der Waals surface area contributed by atoms with E-state index in [0.29, 0.717) is 6.42 Å². The second kappa shape index (κ2) is 4.45. The van der Waals surface area contributed by atoms with E-state index in [1.165, 1.54) is 0 Å². The average molecular weight is 209 g/mol. The lowest BCUT2D eigenvalue weighted by Gasteiger charge is -2.14. The van der Waals surface area contributed by atoms with E-state index in [2.05, 4.69) is 6.07 Å². The highest BCUT2D eigenvalue weighted by molar-refractivity contribution is 6.30. The number of halogens is 1. The van der Waals surface area contributed by atoms with E-state index in [0.717, 1.165) is 17.0 Å². The van der Waals surface area contributed by atoms with Crippen LogP contribution in [0.25, 0.3) is 0 Å². The largest absolute Gasteiger partial charge is 0.314 e. The molecule has 1 rings (SSSR count). The van der Waals surface area contributed by atoms with Crippen molar-refractivity contribution in [3.05, 3.63) is 34.9 Å². The van der Waals surface area contributed by atoms with Crippen molar-refractivity contribution >= 4 is 11.6 Å². The smallest absolute Gasteiger partial charge is 0.101 e. The van der Waals surface area contributed by atoms with Gasteiger partial charge in [0.05, 0.1) is 6.07 Å². The Morgan fingerprint density at radius 1 is 1.57 bits per heavy atom. The van der Waals surface area contributed by atoms with Gasteiger partial charge in [-0.05, 0) is 37.5 Å². The summed E-state index contributed by atoms with van der Waals surface area (Å²) in [6, 6.07) is 9.69. The SMILES string of the molecule is CC(N)(C#N)CCc1cccc(Cl)c1. The summed E-state index contributed by atoms with van der Waals surface area (Å²) in [6.07, 6.45) is 1.42. The number of aryl methyl sites for hydroxylation is 1. The fourth-order valence-electron chi connectivity index (χ4n) is 1.15. The maximum absolute atomic E-state index is 8.73. The lowest BCUT2D eigenvalue weighted by molar-refractivity contribution is 0.546. The number of rotatable bonds is 3. The molecular weight excluding hydrogens is 196 g/mol. The van der Waals surface area contributed by atoms with E-state index in [9.17, 15) is 0 Å². The van der Waals surface area contributed by atoms with Crippen molar-refractivity contribution in [3.8, 4) is 6.07 Å². The first-order chi connectivity index (χ1) is 6.53. The van der Waals surface area contributed by atoms with E-state index in [4.69, 9.17) is 22.6 Å². The van der Waals surface area contributed by atoms with Crippen LogP contribution in [0, 0.1) is 11.3 Å².